The SMILES string of the molecule is CN(CCCNCc1ccc(C(=O)O)cc1)C1CCCCC1. The first kappa shape index (κ1) is 17.0. The Morgan fingerprint density at radius 2 is 1.91 bits per heavy atom. The summed E-state index contributed by atoms with van der Waals surface area (Å²) in [6.45, 7) is 2.94. The summed E-state index contributed by atoms with van der Waals surface area (Å²) >= 11 is 0. The Labute approximate surface area is 133 Å². The fourth-order valence-electron chi connectivity index (χ4n) is 3.16. The smallest absolute Gasteiger partial charge is 0.335 e. The van der Waals surface area contributed by atoms with E-state index < -0.39 is 5.97 Å². The van der Waals surface area contributed by atoms with Gasteiger partial charge < -0.3 is 15.3 Å². The normalized spacial score (nSPS) is 16.1. The van der Waals surface area contributed by atoms with Crippen molar-refractivity contribution in [3.05, 3.63) is 35.4 Å². The highest BCUT2D eigenvalue weighted by Gasteiger charge is 2.17. The molecule has 4 nitrogen and oxygen atoms in total. The van der Waals surface area contributed by atoms with E-state index in [1.54, 1.807) is 12.1 Å². The van der Waals surface area contributed by atoms with Gasteiger partial charge in [0, 0.05) is 12.6 Å². The van der Waals surface area contributed by atoms with Gasteiger partial charge in [-0.15, -0.1) is 0 Å². The van der Waals surface area contributed by atoms with Crippen LogP contribution in [0.25, 0.3) is 0 Å². The molecule has 0 saturated heterocycles. The molecule has 0 unspecified atom stereocenters. The molecule has 0 heterocycles. The number of carboxylic acid groups (broad SMARTS) is 1. The minimum Gasteiger partial charge on any atom is -0.478 e. The van der Waals surface area contributed by atoms with Crippen LogP contribution in [0.4, 0.5) is 0 Å². The van der Waals surface area contributed by atoms with Crippen molar-refractivity contribution < 1.29 is 9.90 Å². The fourth-order valence-corrected chi connectivity index (χ4v) is 3.16. The van der Waals surface area contributed by atoms with E-state index in [1.165, 1.54) is 32.1 Å². The lowest BCUT2D eigenvalue weighted by Crippen LogP contribution is -2.35. The molecule has 0 aliphatic heterocycles. The Hall–Kier alpha value is -1.39. The second kappa shape index (κ2) is 8.91. The van der Waals surface area contributed by atoms with Crippen LogP contribution >= 0.6 is 0 Å². The van der Waals surface area contributed by atoms with Crippen LogP contribution in [0.1, 0.15) is 54.4 Å². The molecule has 1 aliphatic carbocycles. The molecular weight excluding hydrogens is 276 g/mol. The molecular formula is C18H28N2O2. The summed E-state index contributed by atoms with van der Waals surface area (Å²) < 4.78 is 0. The van der Waals surface area contributed by atoms with E-state index in [0.29, 0.717) is 5.56 Å². The first-order valence-corrected chi connectivity index (χ1v) is 8.40. The van der Waals surface area contributed by atoms with E-state index >= 15 is 0 Å². The molecule has 1 aliphatic rings. The van der Waals surface area contributed by atoms with E-state index in [0.717, 1.165) is 37.7 Å². The lowest BCUT2D eigenvalue weighted by molar-refractivity contribution is 0.0697. The fraction of sp³-hybridized carbons (Fsp3) is 0.611. The number of carbonyl (C=O) groups is 1. The number of aromatic carboxylic acids is 1. The summed E-state index contributed by atoms with van der Waals surface area (Å²) in [4.78, 5) is 13.3. The van der Waals surface area contributed by atoms with Crippen molar-refractivity contribution in [3.63, 3.8) is 0 Å². The van der Waals surface area contributed by atoms with Crippen LogP contribution in [-0.4, -0.2) is 42.2 Å². The zero-order valence-corrected chi connectivity index (χ0v) is 13.6. The van der Waals surface area contributed by atoms with Crippen molar-refractivity contribution in [1.29, 1.82) is 0 Å². The summed E-state index contributed by atoms with van der Waals surface area (Å²) in [5.74, 6) is -0.870. The van der Waals surface area contributed by atoms with Crippen molar-refractivity contribution >= 4 is 5.97 Å². The van der Waals surface area contributed by atoms with Gasteiger partial charge in [0.15, 0.2) is 0 Å². The summed E-state index contributed by atoms with van der Waals surface area (Å²) in [6, 6.07) is 7.87. The van der Waals surface area contributed by atoms with Crippen LogP contribution in [0.5, 0.6) is 0 Å². The maximum Gasteiger partial charge on any atom is 0.335 e. The molecule has 0 atom stereocenters. The summed E-state index contributed by atoms with van der Waals surface area (Å²) in [6.07, 6.45) is 8.06. The molecule has 0 amide bonds. The Kier molecular flexibility index (Phi) is 6.87. The van der Waals surface area contributed by atoms with E-state index in [4.69, 9.17) is 5.11 Å². The number of benzene rings is 1. The van der Waals surface area contributed by atoms with Crippen molar-refractivity contribution in [2.45, 2.75) is 51.1 Å². The third-order valence-corrected chi connectivity index (χ3v) is 4.59. The largest absolute Gasteiger partial charge is 0.478 e. The van der Waals surface area contributed by atoms with Gasteiger partial charge in [-0.3, -0.25) is 0 Å². The van der Waals surface area contributed by atoms with E-state index in [2.05, 4.69) is 17.3 Å². The van der Waals surface area contributed by atoms with Gasteiger partial charge in [-0.1, -0.05) is 31.4 Å². The highest BCUT2D eigenvalue weighted by atomic mass is 16.4. The molecule has 4 heteroatoms. The minimum absolute atomic E-state index is 0.345. The van der Waals surface area contributed by atoms with Gasteiger partial charge in [0.25, 0.3) is 0 Å². The van der Waals surface area contributed by atoms with Crippen LogP contribution in [0.2, 0.25) is 0 Å². The number of hydrogen-bond acceptors (Lipinski definition) is 3. The Morgan fingerprint density at radius 1 is 1.23 bits per heavy atom. The van der Waals surface area contributed by atoms with Crippen molar-refractivity contribution in [1.82, 2.24) is 10.2 Å². The predicted molar refractivity (Wildman–Crippen MR) is 89.2 cm³/mol. The van der Waals surface area contributed by atoms with Crippen LogP contribution in [-0.2, 0) is 6.54 Å². The third kappa shape index (κ3) is 5.43. The Morgan fingerprint density at radius 3 is 2.55 bits per heavy atom. The molecule has 1 fully saturated rings. The lowest BCUT2D eigenvalue weighted by Gasteiger charge is -2.31. The molecule has 0 spiro atoms. The zero-order chi connectivity index (χ0) is 15.8. The molecule has 1 aromatic carbocycles. The maximum absolute atomic E-state index is 10.8. The number of nitrogens with zero attached hydrogens (tertiary/aromatic N) is 1. The molecule has 0 bridgehead atoms. The standard InChI is InChI=1S/C18H28N2O2/c1-20(17-6-3-2-4-7-17)13-5-12-19-14-15-8-10-16(11-9-15)18(21)22/h8-11,17,19H,2-7,12-14H2,1H3,(H,21,22). The summed E-state index contributed by atoms with van der Waals surface area (Å²) in [5.41, 5.74) is 1.48. The second-order valence-electron chi connectivity index (χ2n) is 6.30. The molecule has 122 valence electrons. The zero-order valence-electron chi connectivity index (χ0n) is 13.6. The van der Waals surface area contributed by atoms with Gasteiger partial charge in [-0.2, -0.15) is 0 Å². The van der Waals surface area contributed by atoms with Gasteiger partial charge in [0.2, 0.25) is 0 Å². The number of hydrogen-bond donors (Lipinski definition) is 2. The third-order valence-electron chi connectivity index (χ3n) is 4.59. The molecule has 1 aromatic rings. The average Bonchev–Trinajstić information content (AvgIpc) is 2.55. The lowest BCUT2D eigenvalue weighted by atomic mass is 9.94. The number of nitrogens with one attached hydrogen (secondary N) is 1. The maximum atomic E-state index is 10.8. The topological polar surface area (TPSA) is 52.6 Å². The molecule has 0 aromatic heterocycles. The van der Waals surface area contributed by atoms with Gasteiger partial charge in [0.1, 0.15) is 0 Å². The van der Waals surface area contributed by atoms with Crippen molar-refractivity contribution in [2.75, 3.05) is 20.1 Å². The van der Waals surface area contributed by atoms with Crippen LogP contribution in [0.3, 0.4) is 0 Å². The number of carboxylic acids is 1. The molecule has 0 radical (unpaired) electrons. The van der Waals surface area contributed by atoms with Crippen molar-refractivity contribution in [2.24, 2.45) is 0 Å². The average molecular weight is 304 g/mol. The van der Waals surface area contributed by atoms with Crippen LogP contribution in [0, 0.1) is 0 Å². The van der Waals surface area contributed by atoms with Gasteiger partial charge in [-0.05, 0) is 57.1 Å². The first-order chi connectivity index (χ1) is 10.7. The van der Waals surface area contributed by atoms with E-state index in [-0.39, 0.29) is 0 Å². The van der Waals surface area contributed by atoms with E-state index in [9.17, 15) is 4.79 Å². The monoisotopic (exact) mass is 304 g/mol. The predicted octanol–water partition coefficient (Wildman–Crippen LogP) is 3.13. The molecule has 1 saturated carbocycles. The highest BCUT2D eigenvalue weighted by Crippen LogP contribution is 2.21. The second-order valence-corrected chi connectivity index (χ2v) is 6.30. The van der Waals surface area contributed by atoms with Crippen molar-refractivity contribution in [3.8, 4) is 0 Å². The minimum atomic E-state index is -0.870. The first-order valence-electron chi connectivity index (χ1n) is 8.40. The van der Waals surface area contributed by atoms with Gasteiger partial charge >= 0.3 is 5.97 Å². The van der Waals surface area contributed by atoms with Crippen LogP contribution < -0.4 is 5.32 Å². The molecule has 2 rings (SSSR count). The summed E-state index contributed by atoms with van der Waals surface area (Å²) in [7, 11) is 2.25. The molecule has 22 heavy (non-hydrogen) atoms. The van der Waals surface area contributed by atoms with E-state index in [1.807, 2.05) is 12.1 Å². The summed E-state index contributed by atoms with van der Waals surface area (Å²) in [5, 5.41) is 12.3. The van der Waals surface area contributed by atoms with Crippen LogP contribution in [0.15, 0.2) is 24.3 Å². The Balaban J connectivity index is 1.59. The van der Waals surface area contributed by atoms with Gasteiger partial charge in [0.05, 0.1) is 5.56 Å². The van der Waals surface area contributed by atoms with Gasteiger partial charge in [-0.25, -0.2) is 4.79 Å². The Bertz CT molecular complexity index is 453. The number of rotatable bonds is 8. The molecule has 2 N–H and O–H groups in total. The highest BCUT2D eigenvalue weighted by molar-refractivity contribution is 5.87. The quantitative estimate of drug-likeness (QED) is 0.725.